The lowest BCUT2D eigenvalue weighted by Crippen LogP contribution is -2.35. The Hall–Kier alpha value is -2.45. The van der Waals surface area contributed by atoms with Crippen LogP contribution < -0.4 is 10.6 Å². The minimum atomic E-state index is -3.47. The summed E-state index contributed by atoms with van der Waals surface area (Å²) in [4.78, 5) is 16.7. The fourth-order valence-electron chi connectivity index (χ4n) is 3.32. The van der Waals surface area contributed by atoms with Gasteiger partial charge in [-0.25, -0.2) is 13.2 Å². The van der Waals surface area contributed by atoms with Crippen LogP contribution in [-0.2, 0) is 22.0 Å². The second kappa shape index (κ2) is 9.14. The molecule has 1 aromatic carbocycles. The molecule has 0 spiro atoms. The number of benzene rings is 1. The van der Waals surface area contributed by atoms with E-state index >= 15 is 0 Å². The highest BCUT2D eigenvalue weighted by Gasteiger charge is 2.25. The van der Waals surface area contributed by atoms with Crippen molar-refractivity contribution < 1.29 is 13.2 Å². The van der Waals surface area contributed by atoms with Gasteiger partial charge < -0.3 is 10.6 Å². The molecule has 0 atom stereocenters. The highest BCUT2D eigenvalue weighted by Crippen LogP contribution is 2.23. The number of anilines is 1. The average Bonchev–Trinajstić information content (AvgIpc) is 2.73. The molecule has 0 saturated carbocycles. The molecule has 3 rings (SSSR count). The predicted molar refractivity (Wildman–Crippen MR) is 118 cm³/mol. The van der Waals surface area contributed by atoms with Gasteiger partial charge in [0.25, 0.3) is 0 Å². The zero-order chi connectivity index (χ0) is 21.8. The van der Waals surface area contributed by atoms with Gasteiger partial charge in [0.15, 0.2) is 0 Å². The van der Waals surface area contributed by atoms with Crippen LogP contribution in [-0.4, -0.2) is 36.8 Å². The number of carbonyl (C=O) groups excluding carboxylic acids is 1. The van der Waals surface area contributed by atoms with Gasteiger partial charge in [-0.2, -0.15) is 4.31 Å². The fraction of sp³-hybridized carbons (Fsp3) is 0.455. The number of rotatable bonds is 5. The number of nitrogens with zero attached hydrogens (tertiary/aromatic N) is 2. The van der Waals surface area contributed by atoms with Crippen molar-refractivity contribution in [1.29, 1.82) is 0 Å². The van der Waals surface area contributed by atoms with E-state index in [-0.39, 0.29) is 16.3 Å². The van der Waals surface area contributed by atoms with Crippen LogP contribution in [0.15, 0.2) is 47.6 Å². The van der Waals surface area contributed by atoms with E-state index in [4.69, 9.17) is 0 Å². The van der Waals surface area contributed by atoms with E-state index in [0.717, 1.165) is 30.4 Å². The Balaban J connectivity index is 1.57. The number of hydrogen-bond donors (Lipinski definition) is 2. The molecule has 30 heavy (non-hydrogen) atoms. The Morgan fingerprint density at radius 1 is 1.07 bits per heavy atom. The Labute approximate surface area is 178 Å². The first kappa shape index (κ1) is 22.2. The van der Waals surface area contributed by atoms with Gasteiger partial charge >= 0.3 is 6.03 Å². The lowest BCUT2D eigenvalue weighted by Gasteiger charge is -2.25. The maximum absolute atomic E-state index is 12.7. The van der Waals surface area contributed by atoms with E-state index in [1.165, 1.54) is 16.4 Å². The number of piperidine rings is 1. The van der Waals surface area contributed by atoms with Crippen LogP contribution in [0.1, 0.15) is 51.2 Å². The van der Waals surface area contributed by atoms with Gasteiger partial charge in [0, 0.05) is 37.7 Å². The molecule has 7 nitrogen and oxygen atoms in total. The normalized spacial score (nSPS) is 15.6. The molecule has 1 aliphatic rings. The Morgan fingerprint density at radius 3 is 2.37 bits per heavy atom. The van der Waals surface area contributed by atoms with E-state index in [1.54, 1.807) is 18.3 Å². The van der Waals surface area contributed by atoms with Crippen molar-refractivity contribution in [3.05, 3.63) is 53.9 Å². The Bertz CT molecular complexity index is 976. The van der Waals surface area contributed by atoms with Crippen LogP contribution in [0, 0.1) is 0 Å². The van der Waals surface area contributed by atoms with Crippen molar-refractivity contribution in [2.45, 2.75) is 56.9 Å². The predicted octanol–water partition coefficient (Wildman–Crippen LogP) is 3.88. The summed E-state index contributed by atoms with van der Waals surface area (Å²) in [5, 5.41) is 5.54. The third-order valence-corrected chi connectivity index (χ3v) is 7.09. The first-order valence-electron chi connectivity index (χ1n) is 10.3. The van der Waals surface area contributed by atoms with E-state index < -0.39 is 10.0 Å². The fourth-order valence-corrected chi connectivity index (χ4v) is 4.83. The summed E-state index contributed by atoms with van der Waals surface area (Å²) in [6, 6.07) is 7.97. The van der Waals surface area contributed by atoms with Crippen molar-refractivity contribution in [3.8, 4) is 0 Å². The summed E-state index contributed by atoms with van der Waals surface area (Å²) in [5.41, 5.74) is 2.54. The third kappa shape index (κ3) is 5.58. The van der Waals surface area contributed by atoms with Crippen LogP contribution in [0.5, 0.6) is 0 Å². The van der Waals surface area contributed by atoms with Crippen LogP contribution in [0.25, 0.3) is 0 Å². The second-order valence-corrected chi connectivity index (χ2v) is 10.6. The molecular formula is C22H30N4O3S. The molecule has 1 saturated heterocycles. The number of aromatic nitrogens is 1. The van der Waals surface area contributed by atoms with Crippen molar-refractivity contribution in [1.82, 2.24) is 14.6 Å². The monoisotopic (exact) mass is 430 g/mol. The molecule has 8 heteroatoms. The van der Waals surface area contributed by atoms with E-state index in [2.05, 4.69) is 36.4 Å². The summed E-state index contributed by atoms with van der Waals surface area (Å²) in [7, 11) is -3.47. The first-order valence-corrected chi connectivity index (χ1v) is 11.7. The van der Waals surface area contributed by atoms with Gasteiger partial charge in [0.05, 0.1) is 4.90 Å². The molecule has 0 radical (unpaired) electrons. The molecule has 2 N–H and O–H groups in total. The van der Waals surface area contributed by atoms with Crippen molar-refractivity contribution >= 4 is 21.7 Å². The number of carbonyl (C=O) groups is 1. The van der Waals surface area contributed by atoms with Gasteiger partial charge in [-0.15, -0.1) is 0 Å². The van der Waals surface area contributed by atoms with Gasteiger partial charge in [-0.05, 0) is 53.6 Å². The number of nitrogens with one attached hydrogen (secondary N) is 2. The lowest BCUT2D eigenvalue weighted by molar-refractivity contribution is 0.251. The summed E-state index contributed by atoms with van der Waals surface area (Å²) in [6.45, 7) is 7.82. The smallest absolute Gasteiger partial charge is 0.319 e. The molecular weight excluding hydrogens is 400 g/mol. The molecule has 0 bridgehead atoms. The molecule has 1 fully saturated rings. The van der Waals surface area contributed by atoms with Crippen LogP contribution in [0.2, 0.25) is 0 Å². The van der Waals surface area contributed by atoms with Gasteiger partial charge in [-0.3, -0.25) is 4.98 Å². The largest absolute Gasteiger partial charge is 0.334 e. The highest BCUT2D eigenvalue weighted by molar-refractivity contribution is 7.89. The Kier molecular flexibility index (Phi) is 6.77. The standard InChI is InChI=1S/C22H30N4O3S/c1-22(2,3)18-13-17(14-23-16-18)15-24-21(27)25-19-7-9-20(10-8-19)30(28,29)26-11-5-4-6-12-26/h7-10,13-14,16H,4-6,11-12,15H2,1-3H3,(H2,24,25,27). The van der Waals surface area contributed by atoms with Crippen molar-refractivity contribution in [2.24, 2.45) is 0 Å². The highest BCUT2D eigenvalue weighted by atomic mass is 32.2. The number of pyridine rings is 1. The lowest BCUT2D eigenvalue weighted by atomic mass is 9.88. The zero-order valence-electron chi connectivity index (χ0n) is 17.8. The van der Waals surface area contributed by atoms with Crippen LogP contribution in [0.3, 0.4) is 0 Å². The molecule has 0 unspecified atom stereocenters. The summed E-state index contributed by atoms with van der Waals surface area (Å²) in [6.07, 6.45) is 6.43. The third-order valence-electron chi connectivity index (χ3n) is 5.18. The minimum absolute atomic E-state index is 0.0124. The number of amides is 2. The molecule has 1 aliphatic heterocycles. The van der Waals surface area contributed by atoms with Gasteiger partial charge in [0.2, 0.25) is 10.0 Å². The number of urea groups is 1. The van der Waals surface area contributed by atoms with E-state index in [9.17, 15) is 13.2 Å². The van der Waals surface area contributed by atoms with Crippen molar-refractivity contribution in [3.63, 3.8) is 0 Å². The molecule has 162 valence electrons. The number of hydrogen-bond acceptors (Lipinski definition) is 4. The average molecular weight is 431 g/mol. The SMILES string of the molecule is CC(C)(C)c1cncc(CNC(=O)Nc2ccc(S(=O)(=O)N3CCCCC3)cc2)c1. The molecule has 0 aliphatic carbocycles. The second-order valence-electron chi connectivity index (χ2n) is 8.63. The first-order chi connectivity index (χ1) is 14.2. The minimum Gasteiger partial charge on any atom is -0.334 e. The zero-order valence-corrected chi connectivity index (χ0v) is 18.6. The summed E-state index contributed by atoms with van der Waals surface area (Å²) >= 11 is 0. The maximum atomic E-state index is 12.7. The molecule has 2 aromatic rings. The molecule has 2 amide bonds. The molecule has 2 heterocycles. The summed E-state index contributed by atoms with van der Waals surface area (Å²) < 4.78 is 26.9. The quantitative estimate of drug-likeness (QED) is 0.753. The summed E-state index contributed by atoms with van der Waals surface area (Å²) in [5.74, 6) is 0. The Morgan fingerprint density at radius 2 is 1.73 bits per heavy atom. The molecule has 1 aromatic heterocycles. The van der Waals surface area contributed by atoms with Crippen LogP contribution >= 0.6 is 0 Å². The van der Waals surface area contributed by atoms with Crippen LogP contribution in [0.4, 0.5) is 10.5 Å². The van der Waals surface area contributed by atoms with Crippen molar-refractivity contribution in [2.75, 3.05) is 18.4 Å². The van der Waals surface area contributed by atoms with Gasteiger partial charge in [-0.1, -0.05) is 33.3 Å². The van der Waals surface area contributed by atoms with E-state index in [0.29, 0.717) is 25.3 Å². The maximum Gasteiger partial charge on any atom is 0.319 e. The topological polar surface area (TPSA) is 91.4 Å². The van der Waals surface area contributed by atoms with E-state index in [1.807, 2.05) is 12.3 Å². The van der Waals surface area contributed by atoms with Gasteiger partial charge in [0.1, 0.15) is 0 Å². The number of sulfonamides is 1.